The lowest BCUT2D eigenvalue weighted by atomic mass is 10.2. The van der Waals surface area contributed by atoms with E-state index in [2.05, 4.69) is 38.2 Å². The van der Waals surface area contributed by atoms with Gasteiger partial charge in [0.1, 0.15) is 0 Å². The Morgan fingerprint density at radius 3 is 1.55 bits per heavy atom. The van der Waals surface area contributed by atoms with E-state index in [1.54, 1.807) is 0 Å². The molecule has 11 heavy (non-hydrogen) atoms. The molecule has 1 rings (SSSR count). The second kappa shape index (κ2) is 9.48. The number of allylic oxidation sites excluding steroid dienone is 4. The molecule has 0 saturated carbocycles. The molecule has 0 saturated heterocycles. The minimum atomic E-state index is 1.14. The van der Waals surface area contributed by atoms with Crippen LogP contribution < -0.4 is 0 Å². The molecule has 0 aromatic carbocycles. The van der Waals surface area contributed by atoms with Crippen LogP contribution in [0.1, 0.15) is 46.0 Å². The number of unbranched alkanes of at least 4 members (excludes halogenated alkanes) is 3. The summed E-state index contributed by atoms with van der Waals surface area (Å²) in [5.74, 6) is 0. The van der Waals surface area contributed by atoms with Crippen LogP contribution >= 0.6 is 0 Å². The highest BCUT2D eigenvalue weighted by molar-refractivity contribution is 5.11. The molecule has 0 radical (unpaired) electrons. The maximum atomic E-state index is 2.23. The third kappa shape index (κ3) is 9.48. The minimum Gasteiger partial charge on any atom is -0.0808 e. The molecule has 0 fully saturated rings. The lowest BCUT2D eigenvalue weighted by Gasteiger charge is -1.86. The Morgan fingerprint density at radius 2 is 1.36 bits per heavy atom. The van der Waals surface area contributed by atoms with Crippen LogP contribution in [0.3, 0.4) is 0 Å². The normalized spacial score (nSPS) is 12.9. The summed E-state index contributed by atoms with van der Waals surface area (Å²) in [5.41, 5.74) is 0. The molecule has 1 aliphatic rings. The molecule has 0 aromatic rings. The summed E-state index contributed by atoms with van der Waals surface area (Å²) in [4.78, 5) is 0. The maximum absolute atomic E-state index is 2.23. The minimum absolute atomic E-state index is 1.14. The van der Waals surface area contributed by atoms with Crippen LogP contribution in [0.2, 0.25) is 0 Å². The lowest BCUT2D eigenvalue weighted by molar-refractivity contribution is 0.702. The third-order valence-corrected chi connectivity index (χ3v) is 1.61. The van der Waals surface area contributed by atoms with Crippen LogP contribution in [0.5, 0.6) is 0 Å². The van der Waals surface area contributed by atoms with Crippen LogP contribution in [0, 0.1) is 0 Å². The zero-order chi connectivity index (χ0) is 8.36. The average Bonchev–Trinajstić information content (AvgIpc) is 2.57. The first-order chi connectivity index (χ1) is 5.41. The van der Waals surface area contributed by atoms with Crippen molar-refractivity contribution in [3.8, 4) is 0 Å². The van der Waals surface area contributed by atoms with Gasteiger partial charge in [-0.05, 0) is 6.42 Å². The van der Waals surface area contributed by atoms with E-state index < -0.39 is 0 Å². The van der Waals surface area contributed by atoms with Crippen molar-refractivity contribution in [2.24, 2.45) is 0 Å². The van der Waals surface area contributed by atoms with Crippen LogP contribution in [-0.4, -0.2) is 0 Å². The van der Waals surface area contributed by atoms with Gasteiger partial charge in [-0.2, -0.15) is 0 Å². The second-order valence-electron chi connectivity index (χ2n) is 2.80. The van der Waals surface area contributed by atoms with Crippen molar-refractivity contribution in [3.63, 3.8) is 0 Å². The molecule has 0 nitrogen and oxygen atoms in total. The molecule has 0 bridgehead atoms. The molecular formula is C11H20. The van der Waals surface area contributed by atoms with E-state index in [4.69, 9.17) is 0 Å². The van der Waals surface area contributed by atoms with Crippen molar-refractivity contribution in [1.82, 2.24) is 0 Å². The highest BCUT2D eigenvalue weighted by atomic mass is 13.8. The van der Waals surface area contributed by atoms with Gasteiger partial charge in [0.25, 0.3) is 0 Å². The Hall–Kier alpha value is -0.520. The van der Waals surface area contributed by atoms with Gasteiger partial charge >= 0.3 is 0 Å². The highest BCUT2D eigenvalue weighted by Gasteiger charge is 1.75. The highest BCUT2D eigenvalue weighted by Crippen LogP contribution is 1.95. The molecule has 64 valence electrons. The standard InChI is InChI=1S/C6H14.C5H6/c1-3-5-6-4-2;1-2-4-5-3-1/h3-6H2,1-2H3;1-4H,5H2. The smallest absolute Gasteiger partial charge is 0.0163 e. The van der Waals surface area contributed by atoms with E-state index in [1.165, 1.54) is 25.7 Å². The van der Waals surface area contributed by atoms with E-state index in [9.17, 15) is 0 Å². The van der Waals surface area contributed by atoms with Gasteiger partial charge in [-0.25, -0.2) is 0 Å². The summed E-state index contributed by atoms with van der Waals surface area (Å²) < 4.78 is 0. The first-order valence-corrected chi connectivity index (χ1v) is 4.73. The summed E-state index contributed by atoms with van der Waals surface area (Å²) in [7, 11) is 0. The van der Waals surface area contributed by atoms with Gasteiger partial charge in [0, 0.05) is 0 Å². The van der Waals surface area contributed by atoms with Gasteiger partial charge < -0.3 is 0 Å². The van der Waals surface area contributed by atoms with Gasteiger partial charge in [-0.15, -0.1) is 0 Å². The van der Waals surface area contributed by atoms with Gasteiger partial charge in [0.05, 0.1) is 0 Å². The van der Waals surface area contributed by atoms with Crippen molar-refractivity contribution in [3.05, 3.63) is 24.3 Å². The molecule has 0 aliphatic heterocycles. The van der Waals surface area contributed by atoms with Gasteiger partial charge in [0.2, 0.25) is 0 Å². The van der Waals surface area contributed by atoms with Crippen molar-refractivity contribution < 1.29 is 0 Å². The van der Waals surface area contributed by atoms with Gasteiger partial charge in [-0.3, -0.25) is 0 Å². The SMILES string of the molecule is C1=CCC=C1.CCCCCC. The van der Waals surface area contributed by atoms with E-state index in [-0.39, 0.29) is 0 Å². The van der Waals surface area contributed by atoms with E-state index in [1.807, 2.05) is 0 Å². The van der Waals surface area contributed by atoms with Crippen LogP contribution in [0.4, 0.5) is 0 Å². The number of hydrogen-bond acceptors (Lipinski definition) is 0. The number of rotatable bonds is 3. The summed E-state index contributed by atoms with van der Waals surface area (Å²) in [5, 5.41) is 0. The topological polar surface area (TPSA) is 0 Å². The fraction of sp³-hybridized carbons (Fsp3) is 0.636. The van der Waals surface area contributed by atoms with Crippen molar-refractivity contribution >= 4 is 0 Å². The Labute approximate surface area is 71.0 Å². The Bertz CT molecular complexity index is 95.2. The Morgan fingerprint density at radius 1 is 0.909 bits per heavy atom. The second-order valence-corrected chi connectivity index (χ2v) is 2.80. The first kappa shape index (κ1) is 10.5. The molecule has 1 aliphatic carbocycles. The van der Waals surface area contributed by atoms with E-state index in [0.29, 0.717) is 0 Å². The molecule has 0 aromatic heterocycles. The summed E-state index contributed by atoms with van der Waals surface area (Å²) in [6.45, 7) is 4.46. The largest absolute Gasteiger partial charge is 0.0808 e. The predicted octanol–water partition coefficient (Wildman–Crippen LogP) is 4.09. The predicted molar refractivity (Wildman–Crippen MR) is 52.7 cm³/mol. The number of hydrogen-bond donors (Lipinski definition) is 0. The van der Waals surface area contributed by atoms with Crippen molar-refractivity contribution in [1.29, 1.82) is 0 Å². The Kier molecular flexibility index (Phi) is 9.03. The average molecular weight is 152 g/mol. The molecule has 0 unspecified atom stereocenters. The van der Waals surface area contributed by atoms with E-state index >= 15 is 0 Å². The molecule has 0 heteroatoms. The molecule has 0 atom stereocenters. The van der Waals surface area contributed by atoms with Crippen molar-refractivity contribution in [2.45, 2.75) is 46.0 Å². The zero-order valence-corrected chi connectivity index (χ0v) is 7.84. The van der Waals surface area contributed by atoms with Gasteiger partial charge in [-0.1, -0.05) is 63.8 Å². The van der Waals surface area contributed by atoms with Crippen LogP contribution in [-0.2, 0) is 0 Å². The zero-order valence-electron chi connectivity index (χ0n) is 7.84. The van der Waals surface area contributed by atoms with Crippen LogP contribution in [0.25, 0.3) is 0 Å². The fourth-order valence-electron chi connectivity index (χ4n) is 0.893. The molecule has 0 amide bonds. The fourth-order valence-corrected chi connectivity index (χ4v) is 0.893. The Balaban J connectivity index is 0.000000183. The summed E-state index contributed by atoms with van der Waals surface area (Å²) >= 11 is 0. The molecule has 0 N–H and O–H groups in total. The monoisotopic (exact) mass is 152 g/mol. The maximum Gasteiger partial charge on any atom is -0.0163 e. The summed E-state index contributed by atoms with van der Waals surface area (Å²) in [6, 6.07) is 0. The quantitative estimate of drug-likeness (QED) is 0.534. The molecule has 0 heterocycles. The third-order valence-electron chi connectivity index (χ3n) is 1.61. The molecular weight excluding hydrogens is 132 g/mol. The lowest BCUT2D eigenvalue weighted by Crippen LogP contribution is -1.66. The van der Waals surface area contributed by atoms with E-state index in [0.717, 1.165) is 6.42 Å². The van der Waals surface area contributed by atoms with Crippen molar-refractivity contribution in [2.75, 3.05) is 0 Å². The first-order valence-electron chi connectivity index (χ1n) is 4.73. The van der Waals surface area contributed by atoms with Crippen LogP contribution in [0.15, 0.2) is 24.3 Å². The van der Waals surface area contributed by atoms with Gasteiger partial charge in [0.15, 0.2) is 0 Å². The summed E-state index contributed by atoms with van der Waals surface area (Å²) in [6.07, 6.45) is 15.0. The molecule has 0 spiro atoms.